The predicted octanol–water partition coefficient (Wildman–Crippen LogP) is 11.9. The molecule has 45 heavy (non-hydrogen) atoms. The van der Waals surface area contributed by atoms with Gasteiger partial charge in [0, 0.05) is 33.0 Å². The van der Waals surface area contributed by atoms with E-state index >= 15 is 0 Å². The van der Waals surface area contributed by atoms with Crippen LogP contribution < -0.4 is 4.90 Å². The lowest BCUT2D eigenvalue weighted by Crippen LogP contribution is -2.32. The van der Waals surface area contributed by atoms with Gasteiger partial charge in [-0.25, -0.2) is 4.99 Å². The number of benzene rings is 7. The van der Waals surface area contributed by atoms with E-state index in [0.717, 1.165) is 44.7 Å². The van der Waals surface area contributed by atoms with Gasteiger partial charge in [-0.2, -0.15) is 0 Å². The summed E-state index contributed by atoms with van der Waals surface area (Å²) in [5, 5.41) is 7.16. The lowest BCUT2D eigenvalue weighted by atomic mass is 9.87. The highest BCUT2D eigenvalue weighted by Gasteiger charge is 2.33. The highest BCUT2D eigenvalue weighted by Crippen LogP contribution is 2.52. The number of furan rings is 1. The fourth-order valence-corrected chi connectivity index (χ4v) is 7.26. The Morgan fingerprint density at radius 2 is 1.31 bits per heavy atom. The molecule has 3 heteroatoms. The zero-order valence-corrected chi connectivity index (χ0v) is 25.2. The molecule has 2 heterocycles. The van der Waals surface area contributed by atoms with Gasteiger partial charge in [0.15, 0.2) is 0 Å². The van der Waals surface area contributed by atoms with Crippen LogP contribution in [-0.2, 0) is 0 Å². The number of hydrogen-bond donors (Lipinski definition) is 0. The van der Waals surface area contributed by atoms with Crippen molar-refractivity contribution in [3.8, 4) is 11.1 Å². The van der Waals surface area contributed by atoms with E-state index in [2.05, 4.69) is 152 Å². The van der Waals surface area contributed by atoms with Crippen LogP contribution in [0.25, 0.3) is 54.6 Å². The highest BCUT2D eigenvalue weighted by molar-refractivity contribution is 6.26. The third-order valence-electron chi connectivity index (χ3n) is 9.41. The molecule has 0 saturated carbocycles. The minimum atomic E-state index is -0.0818. The van der Waals surface area contributed by atoms with E-state index in [4.69, 9.17) is 9.41 Å². The maximum atomic E-state index is 6.36. The quantitative estimate of drug-likeness (QED) is 0.154. The number of rotatable bonds is 3. The Kier molecular flexibility index (Phi) is 5.69. The van der Waals surface area contributed by atoms with Crippen LogP contribution in [0.5, 0.6) is 0 Å². The summed E-state index contributed by atoms with van der Waals surface area (Å²) in [5.41, 5.74) is 9.89. The number of hydrogen-bond acceptors (Lipinski definition) is 2. The summed E-state index contributed by atoms with van der Waals surface area (Å²) in [7, 11) is 0. The second kappa shape index (κ2) is 9.93. The number of aliphatic imine (C=N–C) groups is 1. The lowest BCUT2D eigenvalue weighted by molar-refractivity contribution is 0.668. The predicted molar refractivity (Wildman–Crippen MR) is 189 cm³/mol. The first-order chi connectivity index (χ1) is 22.2. The summed E-state index contributed by atoms with van der Waals surface area (Å²) < 4.78 is 6.36. The average Bonchev–Trinajstić information content (AvgIpc) is 3.47. The zero-order valence-electron chi connectivity index (χ0n) is 25.2. The van der Waals surface area contributed by atoms with Crippen molar-refractivity contribution >= 4 is 66.4 Å². The third kappa shape index (κ3) is 3.87. The van der Waals surface area contributed by atoms with Gasteiger partial charge < -0.3 is 4.42 Å². The largest absolute Gasteiger partial charge is 0.456 e. The molecule has 0 N–H and O–H groups in total. The Balaban J connectivity index is 1.41. The van der Waals surface area contributed by atoms with Crippen LogP contribution in [-0.4, -0.2) is 5.84 Å². The first-order valence-corrected chi connectivity index (χ1v) is 15.6. The molecule has 214 valence electrons. The van der Waals surface area contributed by atoms with Gasteiger partial charge in [-0.15, -0.1) is 0 Å². The highest BCUT2D eigenvalue weighted by atomic mass is 16.3. The van der Waals surface area contributed by atoms with Crippen LogP contribution in [0, 0.1) is 6.92 Å². The lowest BCUT2D eigenvalue weighted by Gasteiger charge is -2.37. The summed E-state index contributed by atoms with van der Waals surface area (Å²) in [6.07, 6.45) is 0. The van der Waals surface area contributed by atoms with Gasteiger partial charge in [0.05, 0.1) is 17.1 Å². The molecule has 9 rings (SSSR count). The summed E-state index contributed by atoms with van der Waals surface area (Å²) in [6.45, 7) is 4.43. The minimum Gasteiger partial charge on any atom is -0.456 e. The van der Waals surface area contributed by atoms with Crippen molar-refractivity contribution in [1.82, 2.24) is 0 Å². The van der Waals surface area contributed by atoms with E-state index in [1.165, 1.54) is 43.9 Å². The van der Waals surface area contributed by atoms with Gasteiger partial charge in [0.25, 0.3) is 0 Å². The van der Waals surface area contributed by atoms with Crippen LogP contribution >= 0.6 is 0 Å². The Labute approximate surface area is 261 Å². The van der Waals surface area contributed by atoms with Crippen molar-refractivity contribution in [2.75, 3.05) is 4.90 Å². The van der Waals surface area contributed by atoms with E-state index in [-0.39, 0.29) is 5.92 Å². The molecule has 0 spiro atoms. The summed E-state index contributed by atoms with van der Waals surface area (Å²) in [6, 6.07) is 49.7. The van der Waals surface area contributed by atoms with Crippen molar-refractivity contribution in [3.63, 3.8) is 0 Å². The van der Waals surface area contributed by atoms with Gasteiger partial charge in [-0.1, -0.05) is 122 Å². The molecular weight excluding hydrogens is 548 g/mol. The number of para-hydroxylation sites is 2. The number of amidine groups is 1. The Morgan fingerprint density at radius 3 is 2.20 bits per heavy atom. The van der Waals surface area contributed by atoms with Crippen molar-refractivity contribution in [3.05, 3.63) is 151 Å². The molecule has 0 amide bonds. The molecule has 0 radical (unpaired) electrons. The van der Waals surface area contributed by atoms with Gasteiger partial charge in [-0.3, -0.25) is 4.90 Å². The maximum absolute atomic E-state index is 6.36. The normalized spacial score (nSPS) is 13.6. The maximum Gasteiger partial charge on any atom is 0.135 e. The average molecular weight is 579 g/mol. The minimum absolute atomic E-state index is 0.0818. The van der Waals surface area contributed by atoms with Crippen molar-refractivity contribution in [2.45, 2.75) is 19.8 Å². The molecule has 1 aromatic heterocycles. The molecule has 1 aliphatic rings. The van der Waals surface area contributed by atoms with E-state index < -0.39 is 0 Å². The third-order valence-corrected chi connectivity index (χ3v) is 9.41. The summed E-state index contributed by atoms with van der Waals surface area (Å²) in [5.74, 6) is 0.892. The van der Waals surface area contributed by atoms with Gasteiger partial charge in [0.1, 0.15) is 17.0 Å². The fraction of sp³-hybridized carbons (Fsp3) is 0.0714. The Morgan fingerprint density at radius 1 is 0.600 bits per heavy atom. The molecule has 0 saturated heterocycles. The smallest absolute Gasteiger partial charge is 0.135 e. The van der Waals surface area contributed by atoms with Crippen LogP contribution in [0.2, 0.25) is 0 Å². The van der Waals surface area contributed by atoms with Crippen LogP contribution in [0.4, 0.5) is 17.1 Å². The Hall–Kier alpha value is -5.67. The fourth-order valence-electron chi connectivity index (χ4n) is 7.26. The Bertz CT molecular complexity index is 2480. The van der Waals surface area contributed by atoms with E-state index in [1.807, 2.05) is 6.07 Å². The molecule has 3 nitrogen and oxygen atoms in total. The topological polar surface area (TPSA) is 28.7 Å². The standard InChI is InChI=1S/C42H30N2O/c1-26-12-3-7-20-35(26)43-42(27(2)30-18-11-23-38-40(30)34-17-6-8-22-37(34)45-38)44-36-21-10-15-29-14-9-19-32(39(29)36)33-25-24-28-13-4-5-16-31(28)41(33)44/h3-25,27H,1-2H3/b43-42+. The molecule has 0 fully saturated rings. The van der Waals surface area contributed by atoms with E-state index in [9.17, 15) is 0 Å². The first-order valence-electron chi connectivity index (χ1n) is 15.6. The second-order valence-electron chi connectivity index (χ2n) is 12.0. The summed E-state index contributed by atoms with van der Waals surface area (Å²) >= 11 is 0. The second-order valence-corrected chi connectivity index (χ2v) is 12.0. The van der Waals surface area contributed by atoms with Gasteiger partial charge >= 0.3 is 0 Å². The number of aryl methyl sites for hydroxylation is 1. The molecule has 1 aliphatic heterocycles. The summed E-state index contributed by atoms with van der Waals surface area (Å²) in [4.78, 5) is 8.06. The molecule has 0 bridgehead atoms. The first kappa shape index (κ1) is 25.8. The van der Waals surface area contributed by atoms with E-state index in [0.29, 0.717) is 0 Å². The SMILES string of the molecule is Cc1ccccc1/N=C(\C(C)c1cccc2oc3ccccc3c12)N1c2c(ccc3ccccc23)-c2cccc3cccc1c23. The van der Waals surface area contributed by atoms with Gasteiger partial charge in [-0.05, 0) is 58.7 Å². The van der Waals surface area contributed by atoms with Crippen LogP contribution in [0.15, 0.2) is 149 Å². The molecule has 0 aliphatic carbocycles. The zero-order chi connectivity index (χ0) is 30.1. The molecule has 8 aromatic rings. The monoisotopic (exact) mass is 578 g/mol. The molecule has 1 unspecified atom stereocenters. The molecular formula is C42H30N2O. The van der Waals surface area contributed by atoms with Crippen molar-refractivity contribution < 1.29 is 4.42 Å². The number of anilines is 2. The van der Waals surface area contributed by atoms with Gasteiger partial charge in [0.2, 0.25) is 0 Å². The van der Waals surface area contributed by atoms with Crippen molar-refractivity contribution in [1.29, 1.82) is 0 Å². The van der Waals surface area contributed by atoms with Crippen LogP contribution in [0.1, 0.15) is 24.0 Å². The van der Waals surface area contributed by atoms with Crippen molar-refractivity contribution in [2.24, 2.45) is 4.99 Å². The molecule has 7 aromatic carbocycles. The molecule has 1 atom stereocenters. The van der Waals surface area contributed by atoms with E-state index in [1.54, 1.807) is 0 Å². The number of nitrogens with zero attached hydrogens (tertiary/aromatic N) is 2. The van der Waals surface area contributed by atoms with Crippen LogP contribution in [0.3, 0.4) is 0 Å². The number of fused-ring (bicyclic) bond motifs is 7.